The van der Waals surface area contributed by atoms with Crippen LogP contribution in [0.2, 0.25) is 0 Å². The van der Waals surface area contributed by atoms with Crippen LogP contribution < -0.4 is 5.32 Å². The van der Waals surface area contributed by atoms with Crippen LogP contribution in [-0.4, -0.2) is 140 Å². The Morgan fingerprint density at radius 1 is 0.416 bits per heavy atom. The van der Waals surface area contributed by atoms with Crippen LogP contribution in [0.1, 0.15) is 277 Å². The van der Waals surface area contributed by atoms with Crippen LogP contribution in [0.25, 0.3) is 0 Å². The standard InChI is InChI=1S/C75H131NO13/c1-3-5-7-9-11-13-15-17-19-21-23-25-27-28-29-30-31-32-33-34-35-36-37-39-41-43-45-47-49-51-53-55-57-59-67(80)76-63(62-86-74-72(85)70(83)73(66(61-78)88-74)89-75-71(84)69(82)68(81)65(60-77)87-75)64(79)58-56-54-52-50-48-46-44-42-40-38-26-24-22-20-18-16-14-12-10-8-6-4-2/h5,7,11,13,17,19,23,25,28-29,31-32,34-35,37,39,63-66,68-75,77-79,81-85H,3-4,6,8-10,12,14-16,18,20-22,24,26-27,30,33,36,38,40-62H2,1-2H3,(H,76,80)/b7-5-,13-11-,19-17-,25-23-,29-28-,32-31-,35-34-,39-37-. The lowest BCUT2D eigenvalue weighted by atomic mass is 9.97. The Labute approximate surface area is 541 Å². The summed E-state index contributed by atoms with van der Waals surface area (Å²) in [5.74, 6) is -0.216. The molecule has 0 saturated carbocycles. The monoisotopic (exact) mass is 1250 g/mol. The Balaban J connectivity index is 1.67. The molecule has 0 bridgehead atoms. The van der Waals surface area contributed by atoms with Crippen LogP contribution in [0.4, 0.5) is 0 Å². The van der Waals surface area contributed by atoms with Gasteiger partial charge in [0.1, 0.15) is 48.8 Å². The zero-order chi connectivity index (χ0) is 64.5. The number of amides is 1. The second kappa shape index (κ2) is 58.7. The van der Waals surface area contributed by atoms with E-state index in [2.05, 4.69) is 116 Å². The molecule has 2 saturated heterocycles. The summed E-state index contributed by atoms with van der Waals surface area (Å²) in [4.78, 5) is 13.4. The average molecular weight is 1250 g/mol. The fourth-order valence-corrected chi connectivity index (χ4v) is 11.4. The van der Waals surface area contributed by atoms with E-state index in [9.17, 15) is 45.6 Å². The van der Waals surface area contributed by atoms with Gasteiger partial charge in [-0.2, -0.15) is 0 Å². The summed E-state index contributed by atoms with van der Waals surface area (Å²) >= 11 is 0. The van der Waals surface area contributed by atoms with Gasteiger partial charge in [0.2, 0.25) is 5.91 Å². The van der Waals surface area contributed by atoms with Gasteiger partial charge in [0.15, 0.2) is 12.6 Å². The van der Waals surface area contributed by atoms with E-state index >= 15 is 0 Å². The van der Waals surface area contributed by atoms with Gasteiger partial charge in [-0.05, 0) is 77.0 Å². The maximum Gasteiger partial charge on any atom is 0.220 e. The lowest BCUT2D eigenvalue weighted by Crippen LogP contribution is -2.65. The van der Waals surface area contributed by atoms with Crippen LogP contribution in [0.15, 0.2) is 97.2 Å². The van der Waals surface area contributed by atoms with Crippen LogP contribution >= 0.6 is 0 Å². The number of allylic oxidation sites excluding steroid dienone is 16. The quantitative estimate of drug-likeness (QED) is 0.0204. The van der Waals surface area contributed by atoms with E-state index in [1.807, 2.05) is 0 Å². The van der Waals surface area contributed by atoms with Crippen molar-refractivity contribution in [3.05, 3.63) is 97.2 Å². The Morgan fingerprint density at radius 2 is 0.775 bits per heavy atom. The molecule has 2 fully saturated rings. The van der Waals surface area contributed by atoms with Gasteiger partial charge in [-0.3, -0.25) is 4.79 Å². The van der Waals surface area contributed by atoms with E-state index in [0.717, 1.165) is 103 Å². The predicted molar refractivity (Wildman–Crippen MR) is 364 cm³/mol. The number of aliphatic hydroxyl groups excluding tert-OH is 8. The molecule has 2 heterocycles. The molecule has 0 aliphatic carbocycles. The number of ether oxygens (including phenoxy) is 4. The first-order chi connectivity index (χ1) is 43.6. The molecular weight excluding hydrogens is 1120 g/mol. The van der Waals surface area contributed by atoms with Crippen molar-refractivity contribution in [2.45, 2.75) is 351 Å². The van der Waals surface area contributed by atoms with Crippen molar-refractivity contribution >= 4 is 5.91 Å². The third-order valence-electron chi connectivity index (χ3n) is 17.1. The first-order valence-electron chi connectivity index (χ1n) is 36.0. The van der Waals surface area contributed by atoms with Crippen LogP contribution in [0.5, 0.6) is 0 Å². The molecule has 14 nitrogen and oxygen atoms in total. The maximum atomic E-state index is 13.4. The predicted octanol–water partition coefficient (Wildman–Crippen LogP) is 15.0. The molecule has 2 aliphatic rings. The van der Waals surface area contributed by atoms with E-state index < -0.39 is 86.8 Å². The molecular formula is C75H131NO13. The zero-order valence-electron chi connectivity index (χ0n) is 55.9. The van der Waals surface area contributed by atoms with E-state index in [-0.39, 0.29) is 18.9 Å². The van der Waals surface area contributed by atoms with Crippen molar-refractivity contribution in [3.63, 3.8) is 0 Å². The van der Waals surface area contributed by atoms with Crippen molar-refractivity contribution in [1.29, 1.82) is 0 Å². The number of carbonyl (C=O) groups is 1. The number of unbranched alkanes of at least 4 members (excludes halogenated alkanes) is 29. The number of aliphatic hydroxyl groups is 8. The molecule has 12 unspecified atom stereocenters. The summed E-state index contributed by atoms with van der Waals surface area (Å²) in [6.45, 7) is 2.77. The minimum atomic E-state index is -1.79. The molecule has 0 aromatic heterocycles. The second-order valence-corrected chi connectivity index (χ2v) is 25.0. The molecule has 2 aliphatic heterocycles. The van der Waals surface area contributed by atoms with Crippen molar-refractivity contribution in [2.24, 2.45) is 0 Å². The van der Waals surface area contributed by atoms with Crippen molar-refractivity contribution < 1.29 is 64.6 Å². The minimum absolute atomic E-state index is 0.216. The molecule has 9 N–H and O–H groups in total. The molecule has 0 radical (unpaired) electrons. The summed E-state index contributed by atoms with van der Waals surface area (Å²) in [6.07, 6.45) is 65.5. The van der Waals surface area contributed by atoms with Crippen molar-refractivity contribution in [1.82, 2.24) is 5.32 Å². The minimum Gasteiger partial charge on any atom is -0.394 e. The Kier molecular flexibility index (Phi) is 54.1. The highest BCUT2D eigenvalue weighted by Gasteiger charge is 2.51. The first kappa shape index (κ1) is 82.0. The molecule has 0 spiro atoms. The Bertz CT molecular complexity index is 1860. The molecule has 14 heteroatoms. The summed E-state index contributed by atoms with van der Waals surface area (Å²) in [5, 5.41) is 87.7. The third kappa shape index (κ3) is 42.7. The molecule has 12 atom stereocenters. The highest BCUT2D eigenvalue weighted by atomic mass is 16.7. The van der Waals surface area contributed by atoms with Gasteiger partial charge >= 0.3 is 0 Å². The highest BCUT2D eigenvalue weighted by molar-refractivity contribution is 5.76. The molecule has 0 aromatic carbocycles. The number of hydrogen-bond acceptors (Lipinski definition) is 13. The van der Waals surface area contributed by atoms with E-state index in [0.29, 0.717) is 12.8 Å². The molecule has 0 aromatic rings. The fraction of sp³-hybridized carbons (Fsp3) is 0.773. The zero-order valence-corrected chi connectivity index (χ0v) is 55.9. The van der Waals surface area contributed by atoms with Crippen molar-refractivity contribution in [3.8, 4) is 0 Å². The van der Waals surface area contributed by atoms with Gasteiger partial charge in [0.25, 0.3) is 0 Å². The summed E-state index contributed by atoms with van der Waals surface area (Å²) in [6, 6.07) is -0.841. The van der Waals surface area contributed by atoms with E-state index in [1.165, 1.54) is 141 Å². The lowest BCUT2D eigenvalue weighted by molar-refractivity contribution is -0.359. The highest BCUT2D eigenvalue weighted by Crippen LogP contribution is 2.30. The summed E-state index contributed by atoms with van der Waals surface area (Å²) in [7, 11) is 0. The summed E-state index contributed by atoms with van der Waals surface area (Å²) in [5.41, 5.74) is 0. The van der Waals surface area contributed by atoms with Crippen LogP contribution in [0, 0.1) is 0 Å². The Hall–Kier alpha value is -3.09. The normalized spacial score (nSPS) is 23.6. The fourth-order valence-electron chi connectivity index (χ4n) is 11.4. The third-order valence-corrected chi connectivity index (χ3v) is 17.1. The molecule has 2 rings (SSSR count). The lowest BCUT2D eigenvalue weighted by Gasteiger charge is -2.46. The largest absolute Gasteiger partial charge is 0.394 e. The number of rotatable bonds is 58. The number of hydrogen-bond donors (Lipinski definition) is 9. The van der Waals surface area contributed by atoms with Gasteiger partial charge in [-0.15, -0.1) is 0 Å². The topological polar surface area (TPSA) is 228 Å². The molecule has 1 amide bonds. The van der Waals surface area contributed by atoms with E-state index in [1.54, 1.807) is 0 Å². The smallest absolute Gasteiger partial charge is 0.220 e. The SMILES string of the molecule is CC/C=C\C/C=C\C/C=C\C/C=C\C/C=C\C/C=C\C/C=C\C/C=C\CCCCCCCCCCC(=O)NC(COC1OC(CO)C(OC2OC(CO)C(O)C(O)C2O)C(O)C1O)C(O)CCCCCCCCCCCCCCCCCCCCCCCC. The molecule has 514 valence electrons. The van der Waals surface area contributed by atoms with Gasteiger partial charge in [-0.25, -0.2) is 0 Å². The van der Waals surface area contributed by atoms with Gasteiger partial charge in [0.05, 0.1) is 32.0 Å². The van der Waals surface area contributed by atoms with Gasteiger partial charge < -0.3 is 65.1 Å². The maximum absolute atomic E-state index is 13.4. The van der Waals surface area contributed by atoms with Crippen LogP contribution in [-0.2, 0) is 23.7 Å². The molecule has 89 heavy (non-hydrogen) atoms. The van der Waals surface area contributed by atoms with E-state index in [4.69, 9.17) is 18.9 Å². The number of carbonyl (C=O) groups excluding carboxylic acids is 1. The second-order valence-electron chi connectivity index (χ2n) is 25.0. The average Bonchev–Trinajstić information content (AvgIpc) is 2.75. The van der Waals surface area contributed by atoms with Gasteiger partial charge in [-0.1, -0.05) is 291 Å². The summed E-state index contributed by atoms with van der Waals surface area (Å²) < 4.78 is 22.9. The number of nitrogens with one attached hydrogen (secondary N) is 1. The van der Waals surface area contributed by atoms with Crippen LogP contribution in [0.3, 0.4) is 0 Å². The first-order valence-corrected chi connectivity index (χ1v) is 36.0. The van der Waals surface area contributed by atoms with Crippen molar-refractivity contribution in [2.75, 3.05) is 19.8 Å². The van der Waals surface area contributed by atoms with Gasteiger partial charge in [0, 0.05) is 6.42 Å². The Morgan fingerprint density at radius 3 is 1.19 bits per heavy atom.